The standard InChI is InChI=1S/C33H32N8O2/c1-20-25(7-4-8-27(20)37-33(43)41-17-23-5-2-3-6-24(23)18-41)30-26-15-28(36-31(26)39-32(34)38-30)22-11-9-21(10-12-22)16-40-14-13-35-29(42)19-40/h2-12,15H,13-14,16-19H2,1H3,(H,35,42)(H,37,43)(H3,34,36,38,39). The molecule has 3 amide bonds. The van der Waals surface area contributed by atoms with Crippen LogP contribution < -0.4 is 16.4 Å². The molecule has 5 N–H and O–H groups in total. The van der Waals surface area contributed by atoms with Crippen LogP contribution in [0.5, 0.6) is 0 Å². The van der Waals surface area contributed by atoms with E-state index in [1.54, 1.807) is 0 Å². The normalized spacial score (nSPS) is 15.0. The molecule has 0 bridgehead atoms. The molecule has 0 unspecified atom stereocenters. The maximum atomic E-state index is 13.2. The number of anilines is 2. The molecule has 3 aromatic carbocycles. The largest absolute Gasteiger partial charge is 0.368 e. The van der Waals surface area contributed by atoms with Crippen molar-refractivity contribution in [2.45, 2.75) is 26.6 Å². The molecule has 0 saturated carbocycles. The van der Waals surface area contributed by atoms with Crippen LogP contribution >= 0.6 is 0 Å². The molecule has 2 aliphatic rings. The maximum absolute atomic E-state index is 13.2. The minimum absolute atomic E-state index is 0.0675. The van der Waals surface area contributed by atoms with Crippen molar-refractivity contribution in [2.75, 3.05) is 30.7 Å². The Morgan fingerprint density at radius 1 is 0.977 bits per heavy atom. The van der Waals surface area contributed by atoms with Gasteiger partial charge in [0.05, 0.1) is 12.2 Å². The minimum Gasteiger partial charge on any atom is -0.368 e. The Morgan fingerprint density at radius 3 is 2.49 bits per heavy atom. The number of amides is 3. The van der Waals surface area contributed by atoms with Crippen molar-refractivity contribution in [3.8, 4) is 22.5 Å². The van der Waals surface area contributed by atoms with E-state index in [1.807, 2.05) is 48.2 Å². The number of nitrogens with two attached hydrogens (primary N) is 1. The van der Waals surface area contributed by atoms with E-state index in [0.29, 0.717) is 37.5 Å². The highest BCUT2D eigenvalue weighted by molar-refractivity contribution is 5.98. The number of benzene rings is 3. The summed E-state index contributed by atoms with van der Waals surface area (Å²) in [5.41, 5.74) is 15.4. The van der Waals surface area contributed by atoms with Gasteiger partial charge in [-0.05, 0) is 46.9 Å². The number of piperazine rings is 1. The molecule has 0 radical (unpaired) electrons. The van der Waals surface area contributed by atoms with Crippen molar-refractivity contribution >= 4 is 34.6 Å². The number of nitrogen functional groups attached to an aromatic ring is 1. The molecule has 1 fully saturated rings. The molecule has 0 atom stereocenters. The van der Waals surface area contributed by atoms with E-state index in [4.69, 9.17) is 5.73 Å². The first-order valence-corrected chi connectivity index (χ1v) is 14.4. The molecule has 4 heterocycles. The van der Waals surface area contributed by atoms with Gasteiger partial charge in [-0.2, -0.15) is 4.98 Å². The second-order valence-electron chi connectivity index (χ2n) is 11.2. The molecular formula is C33H32N8O2. The van der Waals surface area contributed by atoms with E-state index >= 15 is 0 Å². The summed E-state index contributed by atoms with van der Waals surface area (Å²) in [4.78, 5) is 41.4. The number of carbonyl (C=O) groups is 2. The number of carbonyl (C=O) groups excluding carboxylic acids is 2. The first kappa shape index (κ1) is 26.7. The zero-order valence-electron chi connectivity index (χ0n) is 23.9. The van der Waals surface area contributed by atoms with Crippen LogP contribution in [0.3, 0.4) is 0 Å². The first-order chi connectivity index (χ1) is 20.9. The van der Waals surface area contributed by atoms with Crippen molar-refractivity contribution in [1.29, 1.82) is 0 Å². The summed E-state index contributed by atoms with van der Waals surface area (Å²) in [6.07, 6.45) is 0. The number of nitrogens with one attached hydrogen (secondary N) is 3. The van der Waals surface area contributed by atoms with Gasteiger partial charge in [-0.1, -0.05) is 60.7 Å². The predicted octanol–water partition coefficient (Wildman–Crippen LogP) is 4.66. The lowest BCUT2D eigenvalue weighted by atomic mass is 10.0. The van der Waals surface area contributed by atoms with Crippen molar-refractivity contribution in [3.05, 3.63) is 95.1 Å². The Kier molecular flexibility index (Phi) is 6.75. The van der Waals surface area contributed by atoms with Crippen LogP contribution in [-0.4, -0.2) is 56.3 Å². The van der Waals surface area contributed by atoms with Crippen LogP contribution in [0.2, 0.25) is 0 Å². The van der Waals surface area contributed by atoms with Crippen LogP contribution in [0.25, 0.3) is 33.5 Å². The Labute approximate surface area is 248 Å². The van der Waals surface area contributed by atoms with E-state index in [2.05, 4.69) is 66.9 Å². The molecule has 5 aromatic rings. The second-order valence-corrected chi connectivity index (χ2v) is 11.2. The molecule has 2 aromatic heterocycles. The molecule has 2 aliphatic heterocycles. The smallest absolute Gasteiger partial charge is 0.322 e. The number of fused-ring (bicyclic) bond motifs is 2. The van der Waals surface area contributed by atoms with Crippen LogP contribution in [0.15, 0.2) is 72.8 Å². The van der Waals surface area contributed by atoms with Gasteiger partial charge in [-0.15, -0.1) is 0 Å². The molecule has 7 rings (SSSR count). The highest BCUT2D eigenvalue weighted by atomic mass is 16.2. The average molecular weight is 573 g/mol. The monoisotopic (exact) mass is 572 g/mol. The van der Waals surface area contributed by atoms with Crippen molar-refractivity contribution in [2.24, 2.45) is 0 Å². The summed E-state index contributed by atoms with van der Waals surface area (Å²) >= 11 is 0. The number of aromatic nitrogens is 3. The van der Waals surface area contributed by atoms with Gasteiger partial charge < -0.3 is 26.3 Å². The lowest BCUT2D eigenvalue weighted by Gasteiger charge is -2.26. The van der Waals surface area contributed by atoms with Gasteiger partial charge in [-0.25, -0.2) is 9.78 Å². The fourth-order valence-electron chi connectivity index (χ4n) is 5.96. The fourth-order valence-corrected chi connectivity index (χ4v) is 5.96. The Hall–Kier alpha value is -5.22. The predicted molar refractivity (Wildman–Crippen MR) is 167 cm³/mol. The minimum atomic E-state index is -0.139. The van der Waals surface area contributed by atoms with Crippen LogP contribution in [-0.2, 0) is 24.4 Å². The Balaban J connectivity index is 1.14. The molecule has 0 spiro atoms. The fraction of sp³-hybridized carbons (Fsp3) is 0.212. The molecular weight excluding hydrogens is 540 g/mol. The summed E-state index contributed by atoms with van der Waals surface area (Å²) in [6, 6.07) is 24.2. The average Bonchev–Trinajstić information content (AvgIpc) is 3.63. The van der Waals surface area contributed by atoms with Crippen LogP contribution in [0, 0.1) is 6.92 Å². The van der Waals surface area contributed by atoms with Gasteiger partial charge >= 0.3 is 6.03 Å². The van der Waals surface area contributed by atoms with E-state index in [9.17, 15) is 9.59 Å². The third-order valence-corrected chi connectivity index (χ3v) is 8.25. The van der Waals surface area contributed by atoms with Gasteiger partial charge in [-0.3, -0.25) is 9.69 Å². The zero-order valence-corrected chi connectivity index (χ0v) is 23.9. The highest BCUT2D eigenvalue weighted by Gasteiger charge is 2.24. The van der Waals surface area contributed by atoms with E-state index in [1.165, 1.54) is 11.1 Å². The maximum Gasteiger partial charge on any atom is 0.322 e. The third kappa shape index (κ3) is 5.28. The summed E-state index contributed by atoms with van der Waals surface area (Å²) in [7, 11) is 0. The van der Waals surface area contributed by atoms with E-state index < -0.39 is 0 Å². The number of rotatable bonds is 5. The molecule has 10 nitrogen and oxygen atoms in total. The number of H-pyrrole nitrogens is 1. The zero-order chi connectivity index (χ0) is 29.5. The summed E-state index contributed by atoms with van der Waals surface area (Å²) in [5.74, 6) is 0.235. The van der Waals surface area contributed by atoms with Gasteiger partial charge in [0.2, 0.25) is 11.9 Å². The molecule has 216 valence electrons. The van der Waals surface area contributed by atoms with E-state index in [0.717, 1.165) is 52.1 Å². The quantitative estimate of drug-likeness (QED) is 0.242. The van der Waals surface area contributed by atoms with Gasteiger partial charge in [0.25, 0.3) is 0 Å². The van der Waals surface area contributed by atoms with E-state index in [-0.39, 0.29) is 17.9 Å². The van der Waals surface area contributed by atoms with Gasteiger partial charge in [0.1, 0.15) is 5.65 Å². The first-order valence-electron chi connectivity index (χ1n) is 14.4. The van der Waals surface area contributed by atoms with Gasteiger partial charge in [0, 0.05) is 55.1 Å². The Bertz CT molecular complexity index is 1840. The van der Waals surface area contributed by atoms with Crippen LogP contribution in [0.1, 0.15) is 22.3 Å². The van der Waals surface area contributed by atoms with Crippen molar-refractivity contribution in [3.63, 3.8) is 0 Å². The second kappa shape index (κ2) is 10.9. The number of urea groups is 1. The summed E-state index contributed by atoms with van der Waals surface area (Å²) in [5, 5.41) is 6.81. The molecule has 10 heteroatoms. The summed E-state index contributed by atoms with van der Waals surface area (Å²) < 4.78 is 0. The lowest BCUT2D eigenvalue weighted by Crippen LogP contribution is -2.47. The highest BCUT2D eigenvalue weighted by Crippen LogP contribution is 2.35. The van der Waals surface area contributed by atoms with Crippen molar-refractivity contribution < 1.29 is 9.59 Å². The number of aromatic amines is 1. The third-order valence-electron chi connectivity index (χ3n) is 8.25. The topological polar surface area (TPSA) is 132 Å². The van der Waals surface area contributed by atoms with Crippen LogP contribution in [0.4, 0.5) is 16.4 Å². The number of hydrogen-bond acceptors (Lipinski definition) is 6. The number of hydrogen-bond donors (Lipinski definition) is 4. The lowest BCUT2D eigenvalue weighted by molar-refractivity contribution is -0.124. The van der Waals surface area contributed by atoms with Crippen molar-refractivity contribution in [1.82, 2.24) is 30.1 Å². The summed E-state index contributed by atoms with van der Waals surface area (Å²) in [6.45, 7) is 5.83. The van der Waals surface area contributed by atoms with Gasteiger partial charge in [0.15, 0.2) is 0 Å². The number of nitrogens with zero attached hydrogens (tertiary/aromatic N) is 4. The molecule has 1 saturated heterocycles. The SMILES string of the molecule is Cc1c(NC(=O)N2Cc3ccccc3C2)cccc1-c1nc(N)nc2[nH]c(-c3ccc(CN4CCNC(=O)C4)cc3)cc12. The Morgan fingerprint density at radius 2 is 1.74 bits per heavy atom. The molecule has 43 heavy (non-hydrogen) atoms. The molecule has 0 aliphatic carbocycles.